The first kappa shape index (κ1) is 30.4. The monoisotopic (exact) mass is 612 g/mol. The van der Waals surface area contributed by atoms with Gasteiger partial charge >= 0.3 is 5.97 Å². The van der Waals surface area contributed by atoms with E-state index in [0.717, 1.165) is 0 Å². The maximum Gasteiger partial charge on any atom is 0.338 e. The quantitative estimate of drug-likeness (QED) is 0.209. The Morgan fingerprint density at radius 3 is 2.41 bits per heavy atom. The number of carbonyl (C=O) groups is 1. The lowest BCUT2D eigenvalue weighted by atomic mass is 9.93. The Kier molecular flexibility index (Phi) is 9.01. The number of fused-ring (bicyclic) bond motifs is 1. The number of hydrogen-bond acceptors (Lipinski definition) is 9. The minimum absolute atomic E-state index is 0.0195. The number of phenolic OH excluding ortho intramolecular Hbond substituents is 1. The largest absolute Gasteiger partial charge is 0.504 e. The van der Waals surface area contributed by atoms with Crippen LogP contribution >= 0.6 is 11.3 Å². The van der Waals surface area contributed by atoms with Crippen molar-refractivity contribution in [3.05, 3.63) is 121 Å². The topological polar surface area (TPSA) is 109 Å². The number of carbonyl (C=O) groups excluding carboxylic acids is 1. The zero-order chi connectivity index (χ0) is 31.4. The number of hydrogen-bond donors (Lipinski definition) is 1. The molecule has 0 amide bonds. The Morgan fingerprint density at radius 1 is 1.02 bits per heavy atom. The lowest BCUT2D eigenvalue weighted by Gasteiger charge is -2.26. The third-order valence-electron chi connectivity index (χ3n) is 7.16. The van der Waals surface area contributed by atoms with Crippen molar-refractivity contribution in [3.63, 3.8) is 0 Å². The van der Waals surface area contributed by atoms with E-state index >= 15 is 0 Å². The second-order valence-corrected chi connectivity index (χ2v) is 10.8. The molecule has 1 aliphatic rings. The fraction of sp³-hybridized carbons (Fsp3) is 0.206. The van der Waals surface area contributed by atoms with Crippen LogP contribution in [0.1, 0.15) is 35.2 Å². The van der Waals surface area contributed by atoms with E-state index in [1.54, 1.807) is 49.4 Å². The van der Waals surface area contributed by atoms with Crippen LogP contribution in [0.4, 0.5) is 0 Å². The number of aromatic hydroxyl groups is 1. The van der Waals surface area contributed by atoms with Crippen LogP contribution in [0, 0.1) is 0 Å². The average Bonchev–Trinajstić information content (AvgIpc) is 3.35. The average molecular weight is 613 g/mol. The number of ether oxygens (including phenoxy) is 4. The fourth-order valence-electron chi connectivity index (χ4n) is 5.17. The predicted octanol–water partition coefficient (Wildman–Crippen LogP) is 4.40. The molecule has 0 aliphatic carbocycles. The van der Waals surface area contributed by atoms with Gasteiger partial charge in [0, 0.05) is 11.1 Å². The van der Waals surface area contributed by atoms with Gasteiger partial charge in [0.1, 0.15) is 0 Å². The molecule has 226 valence electrons. The fourth-order valence-corrected chi connectivity index (χ4v) is 6.17. The summed E-state index contributed by atoms with van der Waals surface area (Å²) in [6.07, 6.45) is 3.81. The molecule has 0 saturated carbocycles. The van der Waals surface area contributed by atoms with E-state index in [4.69, 9.17) is 23.9 Å². The van der Waals surface area contributed by atoms with Crippen LogP contribution in [-0.4, -0.2) is 43.6 Å². The number of benzene rings is 3. The van der Waals surface area contributed by atoms with Crippen LogP contribution in [0.15, 0.2) is 88.7 Å². The van der Waals surface area contributed by atoms with Crippen molar-refractivity contribution in [2.45, 2.75) is 19.4 Å². The molecule has 0 saturated heterocycles. The van der Waals surface area contributed by atoms with Gasteiger partial charge in [-0.3, -0.25) is 9.36 Å². The molecule has 1 aliphatic heterocycles. The van der Waals surface area contributed by atoms with Gasteiger partial charge in [-0.25, -0.2) is 9.79 Å². The molecule has 1 atom stereocenters. The zero-order valence-corrected chi connectivity index (χ0v) is 25.6. The highest BCUT2D eigenvalue weighted by molar-refractivity contribution is 7.07. The summed E-state index contributed by atoms with van der Waals surface area (Å²) in [5.41, 5.74) is 2.87. The molecule has 4 aromatic rings. The number of thiazole rings is 1. The van der Waals surface area contributed by atoms with Crippen molar-refractivity contribution in [1.82, 2.24) is 4.57 Å². The van der Waals surface area contributed by atoms with Crippen molar-refractivity contribution in [3.8, 4) is 23.0 Å². The summed E-state index contributed by atoms with van der Waals surface area (Å²) in [6, 6.07) is 17.2. The third-order valence-corrected chi connectivity index (χ3v) is 8.14. The number of nitrogens with zero attached hydrogens (tertiary/aromatic N) is 2. The highest BCUT2D eigenvalue weighted by Gasteiger charge is 2.35. The Morgan fingerprint density at radius 2 is 1.75 bits per heavy atom. The molecular weight excluding hydrogens is 580 g/mol. The first-order chi connectivity index (χ1) is 21.3. The van der Waals surface area contributed by atoms with Crippen LogP contribution in [0.5, 0.6) is 23.0 Å². The van der Waals surface area contributed by atoms with Crippen LogP contribution in [-0.2, 0) is 16.0 Å². The molecule has 0 unspecified atom stereocenters. The molecule has 44 heavy (non-hydrogen) atoms. The lowest BCUT2D eigenvalue weighted by Crippen LogP contribution is -2.40. The number of aromatic nitrogens is 1. The summed E-state index contributed by atoms with van der Waals surface area (Å²) in [7, 11) is 4.53. The normalized spacial score (nSPS) is 14.5. The Bertz CT molecular complexity index is 1940. The number of allylic oxidation sites excluding steroid dienone is 1. The van der Waals surface area contributed by atoms with Crippen LogP contribution in [0.3, 0.4) is 0 Å². The van der Waals surface area contributed by atoms with E-state index in [-0.39, 0.29) is 29.2 Å². The summed E-state index contributed by atoms with van der Waals surface area (Å²) in [6.45, 7) is 5.64. The molecule has 0 fully saturated rings. The molecule has 1 N–H and O–H groups in total. The van der Waals surface area contributed by atoms with Crippen LogP contribution in [0.25, 0.3) is 11.8 Å². The van der Waals surface area contributed by atoms with Crippen LogP contribution in [0.2, 0.25) is 0 Å². The Labute approximate surface area is 258 Å². The minimum atomic E-state index is -0.881. The van der Waals surface area contributed by atoms with Crippen LogP contribution < -0.4 is 29.1 Å². The van der Waals surface area contributed by atoms with E-state index in [1.807, 2.05) is 30.3 Å². The van der Waals surface area contributed by atoms with Crippen molar-refractivity contribution in [2.24, 2.45) is 4.99 Å². The van der Waals surface area contributed by atoms with E-state index in [2.05, 4.69) is 6.58 Å². The van der Waals surface area contributed by atoms with E-state index in [1.165, 1.54) is 37.2 Å². The summed E-state index contributed by atoms with van der Waals surface area (Å²) in [4.78, 5) is 33.2. The number of rotatable bonds is 10. The molecular formula is C34H32N2O7S. The number of methoxy groups -OCH3 is 3. The Balaban J connectivity index is 1.83. The molecule has 0 spiro atoms. The second kappa shape index (κ2) is 13.0. The van der Waals surface area contributed by atoms with Gasteiger partial charge in [-0.1, -0.05) is 53.8 Å². The minimum Gasteiger partial charge on any atom is -0.504 e. The first-order valence-electron chi connectivity index (χ1n) is 13.9. The number of esters is 1. The van der Waals surface area contributed by atoms with Gasteiger partial charge in [0.15, 0.2) is 27.8 Å². The van der Waals surface area contributed by atoms with Gasteiger partial charge in [0.2, 0.25) is 0 Å². The standard InChI is InChI=1S/C34H32N2O7S/c1-6-11-23-16-20(17-26(42-5)31(23)37)18-27-32(38)36-30(22-14-15-24(40-3)25(19-22)41-4)28(33(39)43-7-2)29(35-34(36)44-27)21-12-9-8-10-13-21/h6,8-10,12-19,30,37H,1,7,11H2,2-5H3/b27-18+/t30-/m0/s1. The van der Waals surface area contributed by atoms with Gasteiger partial charge in [-0.05, 0) is 54.8 Å². The summed E-state index contributed by atoms with van der Waals surface area (Å²) in [5.74, 6) is 0.667. The van der Waals surface area contributed by atoms with Crippen molar-refractivity contribution in [2.75, 3.05) is 27.9 Å². The first-order valence-corrected chi connectivity index (χ1v) is 14.7. The van der Waals surface area contributed by atoms with Crippen molar-refractivity contribution >= 4 is 29.1 Å². The van der Waals surface area contributed by atoms with Crippen molar-refractivity contribution in [1.29, 1.82) is 0 Å². The SMILES string of the molecule is C=CCc1cc(/C=c2/sc3n(c2=O)[C@@H](c2ccc(OC)c(OC)c2)C(C(=O)OCC)=C(c2ccccc2)N=3)cc(OC)c1O. The molecule has 3 aromatic carbocycles. The Hall–Kier alpha value is -5.09. The number of phenols is 1. The predicted molar refractivity (Wildman–Crippen MR) is 169 cm³/mol. The lowest BCUT2D eigenvalue weighted by molar-refractivity contribution is -0.138. The molecule has 2 heterocycles. The van der Waals surface area contributed by atoms with E-state index in [0.29, 0.717) is 55.2 Å². The van der Waals surface area contributed by atoms with Crippen molar-refractivity contribution < 1.29 is 28.8 Å². The third kappa shape index (κ3) is 5.63. The van der Waals surface area contributed by atoms with Gasteiger partial charge in [0.25, 0.3) is 5.56 Å². The molecule has 1 aromatic heterocycles. The highest BCUT2D eigenvalue weighted by Crippen LogP contribution is 2.38. The molecule has 0 radical (unpaired) electrons. The zero-order valence-electron chi connectivity index (χ0n) is 24.8. The maximum atomic E-state index is 14.2. The van der Waals surface area contributed by atoms with Gasteiger partial charge in [-0.2, -0.15) is 0 Å². The van der Waals surface area contributed by atoms with E-state index < -0.39 is 12.0 Å². The molecule has 0 bridgehead atoms. The van der Waals surface area contributed by atoms with Gasteiger partial charge < -0.3 is 24.1 Å². The summed E-state index contributed by atoms with van der Waals surface area (Å²) >= 11 is 1.20. The maximum absolute atomic E-state index is 14.2. The second-order valence-electron chi connectivity index (χ2n) is 9.77. The summed E-state index contributed by atoms with van der Waals surface area (Å²) in [5, 5.41) is 10.6. The molecule has 10 heteroatoms. The van der Waals surface area contributed by atoms with Gasteiger partial charge in [-0.15, -0.1) is 6.58 Å². The molecule has 5 rings (SSSR count). The molecule has 9 nitrogen and oxygen atoms in total. The highest BCUT2D eigenvalue weighted by atomic mass is 32.1. The van der Waals surface area contributed by atoms with Gasteiger partial charge in [0.05, 0.1) is 49.8 Å². The van der Waals surface area contributed by atoms with E-state index in [9.17, 15) is 14.7 Å². The summed E-state index contributed by atoms with van der Waals surface area (Å²) < 4.78 is 23.8. The smallest absolute Gasteiger partial charge is 0.338 e.